The molecule has 3 rings (SSSR count). The number of benzene rings is 1. The number of rotatable bonds is 3. The number of allylic oxidation sites excluding steroid dienone is 2. The number of hydrogen-bond acceptors (Lipinski definition) is 9. The van der Waals surface area contributed by atoms with Crippen LogP contribution in [0, 0.1) is 0 Å². The van der Waals surface area contributed by atoms with Gasteiger partial charge in [0.2, 0.25) is 22.8 Å². The maximum absolute atomic E-state index is 12.4. The molecule has 9 heteroatoms. The second kappa shape index (κ2) is 5.85. The number of aliphatic hydroxyl groups is 2. The standard InChI is InChI=1S/C17H16O9/c1-24-16(22)4-3-8(7-17(16,23)25-2)15-14(21)13(20)12-10(19)5-9(18)6-11(12)26-15/h3-7,18-19,21-23H,1-2H3. The number of phenolic OH excluding ortho intramolecular Hbond substituents is 2. The summed E-state index contributed by atoms with van der Waals surface area (Å²) in [7, 11) is 2.26. The minimum Gasteiger partial charge on any atom is -0.508 e. The maximum Gasteiger partial charge on any atom is 0.246 e. The van der Waals surface area contributed by atoms with E-state index < -0.39 is 28.5 Å². The SMILES string of the molecule is COC1(O)C=CC(c2oc3cc(O)cc(O)c3c(=O)c2O)=CC1(O)OC. The molecule has 26 heavy (non-hydrogen) atoms. The van der Waals surface area contributed by atoms with Crippen molar-refractivity contribution >= 4 is 16.5 Å². The van der Waals surface area contributed by atoms with Crippen LogP contribution in [0.25, 0.3) is 16.5 Å². The Morgan fingerprint density at radius 1 is 1.04 bits per heavy atom. The lowest BCUT2D eigenvalue weighted by Gasteiger charge is -2.39. The molecule has 2 unspecified atom stereocenters. The van der Waals surface area contributed by atoms with Gasteiger partial charge in [-0.1, -0.05) is 0 Å². The van der Waals surface area contributed by atoms with Crippen molar-refractivity contribution in [3.63, 3.8) is 0 Å². The summed E-state index contributed by atoms with van der Waals surface area (Å²) >= 11 is 0. The quantitative estimate of drug-likeness (QED) is 0.491. The predicted octanol–water partition coefficient (Wildman–Crippen LogP) is 0.533. The van der Waals surface area contributed by atoms with E-state index in [-0.39, 0.29) is 28.1 Å². The Morgan fingerprint density at radius 3 is 2.31 bits per heavy atom. The monoisotopic (exact) mass is 364 g/mol. The van der Waals surface area contributed by atoms with E-state index in [0.29, 0.717) is 0 Å². The first-order valence-electron chi connectivity index (χ1n) is 7.35. The summed E-state index contributed by atoms with van der Waals surface area (Å²) in [6.45, 7) is 0. The Kier molecular flexibility index (Phi) is 4.04. The van der Waals surface area contributed by atoms with Gasteiger partial charge in [0.25, 0.3) is 0 Å². The van der Waals surface area contributed by atoms with Gasteiger partial charge < -0.3 is 39.4 Å². The highest BCUT2D eigenvalue weighted by Crippen LogP contribution is 2.39. The van der Waals surface area contributed by atoms with Crippen LogP contribution < -0.4 is 5.43 Å². The third-order valence-electron chi connectivity index (χ3n) is 4.17. The fraction of sp³-hybridized carbons (Fsp3) is 0.235. The van der Waals surface area contributed by atoms with Crippen molar-refractivity contribution < 1.29 is 39.4 Å². The second-order valence-electron chi connectivity index (χ2n) is 5.68. The van der Waals surface area contributed by atoms with E-state index in [1.807, 2.05) is 0 Å². The average molecular weight is 364 g/mol. The maximum atomic E-state index is 12.4. The minimum absolute atomic E-state index is 0.00425. The molecule has 9 nitrogen and oxygen atoms in total. The van der Waals surface area contributed by atoms with Gasteiger partial charge in [-0.05, 0) is 18.2 Å². The summed E-state index contributed by atoms with van der Waals surface area (Å²) < 4.78 is 15.2. The number of methoxy groups -OCH3 is 2. The lowest BCUT2D eigenvalue weighted by Crippen LogP contribution is -2.55. The number of fused-ring (bicyclic) bond motifs is 1. The minimum atomic E-state index is -2.34. The van der Waals surface area contributed by atoms with Gasteiger partial charge in [0.05, 0.1) is 0 Å². The highest BCUT2D eigenvalue weighted by molar-refractivity contribution is 5.88. The molecule has 1 heterocycles. The summed E-state index contributed by atoms with van der Waals surface area (Å²) in [5.41, 5.74) is -1.14. The molecule has 1 aliphatic rings. The first-order chi connectivity index (χ1) is 12.2. The van der Waals surface area contributed by atoms with Crippen molar-refractivity contribution in [3.05, 3.63) is 46.3 Å². The highest BCUT2D eigenvalue weighted by atomic mass is 16.7. The summed E-state index contributed by atoms with van der Waals surface area (Å²) in [6.07, 6.45) is 3.28. The second-order valence-corrected chi connectivity index (χ2v) is 5.68. The Morgan fingerprint density at radius 2 is 1.69 bits per heavy atom. The topological polar surface area (TPSA) is 150 Å². The summed E-state index contributed by atoms with van der Waals surface area (Å²) in [4.78, 5) is 12.4. The zero-order valence-corrected chi connectivity index (χ0v) is 13.8. The molecular weight excluding hydrogens is 348 g/mol. The largest absolute Gasteiger partial charge is 0.508 e. The van der Waals surface area contributed by atoms with Crippen molar-refractivity contribution in [2.24, 2.45) is 0 Å². The van der Waals surface area contributed by atoms with E-state index >= 15 is 0 Å². The van der Waals surface area contributed by atoms with Gasteiger partial charge in [-0.2, -0.15) is 0 Å². The molecule has 0 bridgehead atoms. The van der Waals surface area contributed by atoms with Gasteiger partial charge in [0.1, 0.15) is 22.5 Å². The molecule has 1 aromatic carbocycles. The third kappa shape index (κ3) is 2.45. The summed E-state index contributed by atoms with van der Waals surface area (Å²) in [6, 6.07) is 2.01. The average Bonchev–Trinajstić information content (AvgIpc) is 2.60. The molecule has 2 aromatic rings. The van der Waals surface area contributed by atoms with Crippen LogP contribution in [-0.4, -0.2) is 51.3 Å². The smallest absolute Gasteiger partial charge is 0.246 e. The van der Waals surface area contributed by atoms with Gasteiger partial charge in [-0.15, -0.1) is 0 Å². The van der Waals surface area contributed by atoms with Crippen LogP contribution in [0.5, 0.6) is 17.2 Å². The van der Waals surface area contributed by atoms with Gasteiger partial charge in [-0.3, -0.25) is 4.79 Å². The lowest BCUT2D eigenvalue weighted by atomic mass is 9.93. The van der Waals surface area contributed by atoms with E-state index in [4.69, 9.17) is 13.9 Å². The third-order valence-corrected chi connectivity index (χ3v) is 4.17. The Balaban J connectivity index is 2.27. The van der Waals surface area contributed by atoms with E-state index in [1.54, 1.807) is 0 Å². The molecule has 0 fully saturated rings. The fourth-order valence-corrected chi connectivity index (χ4v) is 2.72. The molecule has 0 saturated heterocycles. The molecule has 0 radical (unpaired) electrons. The molecule has 0 amide bonds. The van der Waals surface area contributed by atoms with Crippen molar-refractivity contribution in [3.8, 4) is 17.2 Å². The van der Waals surface area contributed by atoms with Crippen LogP contribution in [-0.2, 0) is 9.47 Å². The van der Waals surface area contributed by atoms with Crippen LogP contribution in [0.1, 0.15) is 5.76 Å². The van der Waals surface area contributed by atoms with Crippen molar-refractivity contribution in [1.29, 1.82) is 0 Å². The van der Waals surface area contributed by atoms with Gasteiger partial charge in [-0.25, -0.2) is 0 Å². The van der Waals surface area contributed by atoms with Crippen molar-refractivity contribution in [1.82, 2.24) is 0 Å². The molecule has 0 aliphatic heterocycles. The molecule has 0 saturated carbocycles. The van der Waals surface area contributed by atoms with Gasteiger partial charge >= 0.3 is 0 Å². The van der Waals surface area contributed by atoms with Crippen LogP contribution in [0.3, 0.4) is 0 Å². The van der Waals surface area contributed by atoms with Crippen LogP contribution in [0.4, 0.5) is 0 Å². The van der Waals surface area contributed by atoms with Crippen LogP contribution in [0.2, 0.25) is 0 Å². The molecule has 138 valence electrons. The predicted molar refractivity (Wildman–Crippen MR) is 88.5 cm³/mol. The summed E-state index contributed by atoms with van der Waals surface area (Å²) in [5.74, 6) is -6.68. The zero-order chi connectivity index (χ0) is 19.3. The van der Waals surface area contributed by atoms with E-state index in [9.17, 15) is 30.3 Å². The molecule has 1 aromatic heterocycles. The van der Waals surface area contributed by atoms with Crippen molar-refractivity contribution in [2.75, 3.05) is 14.2 Å². The normalized spacial score (nSPS) is 25.5. The van der Waals surface area contributed by atoms with Crippen LogP contribution in [0.15, 0.2) is 39.6 Å². The van der Waals surface area contributed by atoms with Crippen molar-refractivity contribution in [2.45, 2.75) is 11.6 Å². The molecule has 0 spiro atoms. The first kappa shape index (κ1) is 18.0. The van der Waals surface area contributed by atoms with E-state index in [2.05, 4.69) is 0 Å². The fourth-order valence-electron chi connectivity index (χ4n) is 2.72. The Bertz CT molecular complexity index is 1000. The molecule has 2 atom stereocenters. The van der Waals surface area contributed by atoms with E-state index in [0.717, 1.165) is 38.5 Å². The van der Waals surface area contributed by atoms with Gasteiger partial charge in [0, 0.05) is 31.9 Å². The Hall–Kier alpha value is -2.85. The van der Waals surface area contributed by atoms with E-state index in [1.165, 1.54) is 6.08 Å². The number of phenols is 2. The highest BCUT2D eigenvalue weighted by Gasteiger charge is 2.50. The molecular formula is C17H16O9. The zero-order valence-electron chi connectivity index (χ0n) is 13.8. The number of ether oxygens (including phenoxy) is 2. The lowest BCUT2D eigenvalue weighted by molar-refractivity contribution is -0.327. The number of hydrogen-bond donors (Lipinski definition) is 5. The Labute approximate surface area is 146 Å². The van der Waals surface area contributed by atoms with Crippen LogP contribution >= 0.6 is 0 Å². The number of aromatic hydroxyl groups is 3. The van der Waals surface area contributed by atoms with Gasteiger partial charge in [0.15, 0.2) is 5.76 Å². The summed E-state index contributed by atoms with van der Waals surface area (Å²) in [5, 5.41) is 50.0. The molecule has 5 N–H and O–H groups in total. The first-order valence-corrected chi connectivity index (χ1v) is 7.35. The molecule has 1 aliphatic carbocycles.